The van der Waals surface area contributed by atoms with Crippen LogP contribution in [0.3, 0.4) is 0 Å². The standard InChI is InChI=1S/C27H30F3N3O4/c1-3-18-15-24(34)33(16-17-8-10-19(11-9-17)26(35)31-21-6-4-5-7-21)32-25(18)20-12-13-22(36-2)23(14-20)37-27(28,29)30/h8-14,18,21H,3-7,15-16H2,1-2H3,(H,31,35). The molecule has 0 bridgehead atoms. The molecule has 1 atom stereocenters. The van der Waals surface area contributed by atoms with Crippen LogP contribution in [0.2, 0.25) is 0 Å². The van der Waals surface area contributed by atoms with Crippen molar-refractivity contribution in [2.75, 3.05) is 7.11 Å². The Morgan fingerprint density at radius 1 is 1.11 bits per heavy atom. The molecule has 2 aliphatic rings. The molecule has 2 aromatic carbocycles. The SMILES string of the molecule is CCC1CC(=O)N(Cc2ccc(C(=O)NC3CCCC3)cc2)N=C1c1ccc(OC)c(OC(F)(F)F)c1. The Kier molecular flexibility index (Phi) is 8.04. The van der Waals surface area contributed by atoms with E-state index < -0.39 is 12.1 Å². The fourth-order valence-electron chi connectivity index (χ4n) is 4.75. The summed E-state index contributed by atoms with van der Waals surface area (Å²) >= 11 is 0. The smallest absolute Gasteiger partial charge is 0.493 e. The monoisotopic (exact) mass is 517 g/mol. The van der Waals surface area contributed by atoms with Gasteiger partial charge in [0, 0.05) is 29.5 Å². The maximum absolute atomic E-state index is 12.9. The summed E-state index contributed by atoms with van der Waals surface area (Å²) in [4.78, 5) is 25.3. The van der Waals surface area contributed by atoms with Gasteiger partial charge in [-0.2, -0.15) is 5.10 Å². The summed E-state index contributed by atoms with van der Waals surface area (Å²) in [5.74, 6) is -1.08. The van der Waals surface area contributed by atoms with Gasteiger partial charge in [-0.1, -0.05) is 31.9 Å². The number of carbonyl (C=O) groups is 2. The van der Waals surface area contributed by atoms with Crippen LogP contribution in [-0.4, -0.2) is 42.0 Å². The largest absolute Gasteiger partial charge is 0.573 e. The molecule has 0 saturated heterocycles. The second-order valence-electron chi connectivity index (χ2n) is 9.31. The number of ether oxygens (including phenoxy) is 2. The van der Waals surface area contributed by atoms with Crippen LogP contribution in [0.5, 0.6) is 11.5 Å². The third-order valence-corrected chi connectivity index (χ3v) is 6.74. The molecular formula is C27H30F3N3O4. The lowest BCUT2D eigenvalue weighted by molar-refractivity contribution is -0.275. The van der Waals surface area contributed by atoms with E-state index in [0.29, 0.717) is 23.3 Å². The zero-order valence-corrected chi connectivity index (χ0v) is 20.8. The van der Waals surface area contributed by atoms with Gasteiger partial charge in [-0.25, -0.2) is 5.01 Å². The second kappa shape index (κ2) is 11.2. The predicted octanol–water partition coefficient (Wildman–Crippen LogP) is 5.43. The molecule has 1 N–H and O–H groups in total. The summed E-state index contributed by atoms with van der Waals surface area (Å²) in [6, 6.07) is 11.4. The van der Waals surface area contributed by atoms with Crippen LogP contribution in [0.25, 0.3) is 0 Å². The third kappa shape index (κ3) is 6.61. The van der Waals surface area contributed by atoms with E-state index in [2.05, 4.69) is 15.2 Å². The summed E-state index contributed by atoms with van der Waals surface area (Å²) in [6.07, 6.45) is 0.136. The van der Waals surface area contributed by atoms with Gasteiger partial charge < -0.3 is 14.8 Å². The first kappa shape index (κ1) is 26.5. The van der Waals surface area contributed by atoms with Gasteiger partial charge >= 0.3 is 6.36 Å². The second-order valence-corrected chi connectivity index (χ2v) is 9.31. The number of nitrogens with zero attached hydrogens (tertiary/aromatic N) is 2. The first-order chi connectivity index (χ1) is 17.7. The Bertz CT molecular complexity index is 1160. The zero-order chi connectivity index (χ0) is 26.6. The van der Waals surface area contributed by atoms with Crippen molar-refractivity contribution in [2.24, 2.45) is 11.0 Å². The predicted molar refractivity (Wildman–Crippen MR) is 131 cm³/mol. The molecule has 2 amide bonds. The normalized spacial score (nSPS) is 18.5. The average molecular weight is 518 g/mol. The molecule has 1 fully saturated rings. The van der Waals surface area contributed by atoms with Gasteiger partial charge in [0.1, 0.15) is 0 Å². The van der Waals surface area contributed by atoms with Crippen LogP contribution in [-0.2, 0) is 11.3 Å². The highest BCUT2D eigenvalue weighted by molar-refractivity contribution is 6.06. The topological polar surface area (TPSA) is 80.2 Å². The summed E-state index contributed by atoms with van der Waals surface area (Å²) in [7, 11) is 1.26. The van der Waals surface area contributed by atoms with Gasteiger partial charge in [-0.05, 0) is 55.2 Å². The first-order valence-corrected chi connectivity index (χ1v) is 12.4. The Labute approximate surface area is 213 Å². The molecule has 1 aliphatic carbocycles. The van der Waals surface area contributed by atoms with E-state index in [4.69, 9.17) is 4.74 Å². The number of benzene rings is 2. The zero-order valence-electron chi connectivity index (χ0n) is 20.8. The van der Waals surface area contributed by atoms with E-state index in [1.165, 1.54) is 24.3 Å². The lowest BCUT2D eigenvalue weighted by atomic mass is 9.89. The fourth-order valence-corrected chi connectivity index (χ4v) is 4.75. The molecule has 1 aliphatic heterocycles. The van der Waals surface area contributed by atoms with Crippen molar-refractivity contribution >= 4 is 17.5 Å². The van der Waals surface area contributed by atoms with Crippen LogP contribution < -0.4 is 14.8 Å². The summed E-state index contributed by atoms with van der Waals surface area (Å²) in [5, 5.41) is 8.92. The lowest BCUT2D eigenvalue weighted by Gasteiger charge is -2.29. The van der Waals surface area contributed by atoms with Gasteiger partial charge in [0.15, 0.2) is 11.5 Å². The number of halogens is 3. The molecular weight excluding hydrogens is 487 g/mol. The highest BCUT2D eigenvalue weighted by Gasteiger charge is 2.34. The van der Waals surface area contributed by atoms with Crippen LogP contribution >= 0.6 is 0 Å². The van der Waals surface area contributed by atoms with Crippen LogP contribution in [0, 0.1) is 5.92 Å². The first-order valence-electron chi connectivity index (χ1n) is 12.4. The van der Waals surface area contributed by atoms with E-state index >= 15 is 0 Å². The van der Waals surface area contributed by atoms with Crippen LogP contribution in [0.1, 0.15) is 66.9 Å². The van der Waals surface area contributed by atoms with Crippen LogP contribution in [0.15, 0.2) is 47.6 Å². The van der Waals surface area contributed by atoms with E-state index in [0.717, 1.165) is 31.2 Å². The molecule has 1 heterocycles. The summed E-state index contributed by atoms with van der Waals surface area (Å²) < 4.78 is 47.9. The number of hydrogen-bond donors (Lipinski definition) is 1. The number of alkyl halides is 3. The van der Waals surface area contributed by atoms with Crippen molar-refractivity contribution < 1.29 is 32.2 Å². The van der Waals surface area contributed by atoms with E-state index in [9.17, 15) is 22.8 Å². The maximum Gasteiger partial charge on any atom is 0.573 e. The highest BCUT2D eigenvalue weighted by atomic mass is 19.4. The lowest BCUT2D eigenvalue weighted by Crippen LogP contribution is -2.36. The average Bonchev–Trinajstić information content (AvgIpc) is 3.37. The molecule has 1 saturated carbocycles. The van der Waals surface area contributed by atoms with Crippen molar-refractivity contribution in [1.29, 1.82) is 0 Å². The Balaban J connectivity index is 1.54. The molecule has 1 unspecified atom stereocenters. The number of hydrazone groups is 1. The van der Waals surface area contributed by atoms with Crippen molar-refractivity contribution in [1.82, 2.24) is 10.3 Å². The Morgan fingerprint density at radius 2 is 1.81 bits per heavy atom. The van der Waals surface area contributed by atoms with Gasteiger partial charge in [0.05, 0.1) is 19.4 Å². The molecule has 37 heavy (non-hydrogen) atoms. The molecule has 0 radical (unpaired) electrons. The van der Waals surface area contributed by atoms with E-state index in [1.54, 1.807) is 30.3 Å². The molecule has 4 rings (SSSR count). The van der Waals surface area contributed by atoms with Gasteiger partial charge in [-0.15, -0.1) is 13.2 Å². The summed E-state index contributed by atoms with van der Waals surface area (Å²) in [6.45, 7) is 2.07. The third-order valence-electron chi connectivity index (χ3n) is 6.74. The van der Waals surface area contributed by atoms with Crippen molar-refractivity contribution in [3.8, 4) is 11.5 Å². The molecule has 2 aromatic rings. The minimum Gasteiger partial charge on any atom is -0.493 e. The number of carbonyl (C=O) groups excluding carboxylic acids is 2. The minimum absolute atomic E-state index is 0.0597. The molecule has 0 spiro atoms. The molecule has 7 nitrogen and oxygen atoms in total. The fraction of sp³-hybridized carbons (Fsp3) is 0.444. The molecule has 198 valence electrons. The molecule has 0 aromatic heterocycles. The Hall–Kier alpha value is -3.56. The van der Waals surface area contributed by atoms with Crippen molar-refractivity contribution in [2.45, 2.75) is 64.4 Å². The number of methoxy groups -OCH3 is 1. The van der Waals surface area contributed by atoms with Gasteiger partial charge in [-0.3, -0.25) is 9.59 Å². The number of nitrogens with one attached hydrogen (secondary N) is 1. The van der Waals surface area contributed by atoms with E-state index in [-0.39, 0.29) is 42.5 Å². The maximum atomic E-state index is 12.9. The number of amides is 2. The van der Waals surface area contributed by atoms with Gasteiger partial charge in [0.25, 0.3) is 5.91 Å². The van der Waals surface area contributed by atoms with Crippen LogP contribution in [0.4, 0.5) is 13.2 Å². The quantitative estimate of drug-likeness (QED) is 0.507. The number of hydrogen-bond acceptors (Lipinski definition) is 5. The summed E-state index contributed by atoms with van der Waals surface area (Å²) in [5.41, 5.74) is 2.25. The minimum atomic E-state index is -4.88. The Morgan fingerprint density at radius 3 is 2.43 bits per heavy atom. The van der Waals surface area contributed by atoms with Gasteiger partial charge in [0.2, 0.25) is 5.91 Å². The van der Waals surface area contributed by atoms with E-state index in [1.807, 2.05) is 6.92 Å². The number of rotatable bonds is 8. The molecule has 10 heteroatoms. The van der Waals surface area contributed by atoms with Crippen molar-refractivity contribution in [3.63, 3.8) is 0 Å². The van der Waals surface area contributed by atoms with Crippen molar-refractivity contribution in [3.05, 3.63) is 59.2 Å². The highest BCUT2D eigenvalue weighted by Crippen LogP contribution is 2.35.